The van der Waals surface area contributed by atoms with Crippen LogP contribution in [0.15, 0.2) is 18.2 Å². The minimum Gasteiger partial charge on any atom is -0.399 e. The van der Waals surface area contributed by atoms with Crippen molar-refractivity contribution < 1.29 is 18.0 Å². The number of rotatable bonds is 4. The molecule has 1 aromatic rings. The Hall–Kier alpha value is -1.92. The summed E-state index contributed by atoms with van der Waals surface area (Å²) < 4.78 is 38.1. The van der Waals surface area contributed by atoms with E-state index in [9.17, 15) is 18.0 Å². The molecule has 4 nitrogen and oxygen atoms in total. The van der Waals surface area contributed by atoms with Crippen molar-refractivity contribution in [3.05, 3.63) is 23.8 Å². The van der Waals surface area contributed by atoms with Crippen LogP contribution < -0.4 is 16.0 Å². The molecule has 0 fully saturated rings. The summed E-state index contributed by atoms with van der Waals surface area (Å²) in [5.74, 6) is -0.451. The summed E-state index contributed by atoms with van der Waals surface area (Å²) in [6.45, 7) is 2.11. The van der Waals surface area contributed by atoms with Gasteiger partial charge in [0.15, 0.2) is 0 Å². The van der Waals surface area contributed by atoms with E-state index in [0.29, 0.717) is 5.69 Å². The van der Waals surface area contributed by atoms with Crippen molar-refractivity contribution in [3.8, 4) is 0 Å². The SMILES string of the molecule is CNC(=O)c1ccc(N)cc1N(CC(F)(F)F)C(C)C. The fraction of sp³-hybridized carbons (Fsp3) is 0.462. The lowest BCUT2D eigenvalue weighted by atomic mass is 10.1. The van der Waals surface area contributed by atoms with E-state index in [-0.39, 0.29) is 11.3 Å². The zero-order chi connectivity index (χ0) is 15.5. The molecule has 20 heavy (non-hydrogen) atoms. The van der Waals surface area contributed by atoms with Crippen LogP contribution in [0.1, 0.15) is 24.2 Å². The van der Waals surface area contributed by atoms with Crippen molar-refractivity contribution in [2.45, 2.75) is 26.1 Å². The average Bonchev–Trinajstić information content (AvgIpc) is 2.33. The predicted octanol–water partition coefficient (Wildman–Crippen LogP) is 2.41. The number of anilines is 2. The van der Waals surface area contributed by atoms with Crippen LogP contribution in [-0.4, -0.2) is 31.7 Å². The topological polar surface area (TPSA) is 58.4 Å². The highest BCUT2D eigenvalue weighted by Gasteiger charge is 2.33. The Labute approximate surface area is 115 Å². The normalized spacial score (nSPS) is 11.6. The van der Waals surface area contributed by atoms with E-state index in [2.05, 4.69) is 5.32 Å². The number of carbonyl (C=O) groups is 1. The Morgan fingerprint density at radius 2 is 2.00 bits per heavy atom. The summed E-state index contributed by atoms with van der Waals surface area (Å²) in [7, 11) is 1.42. The highest BCUT2D eigenvalue weighted by Crippen LogP contribution is 2.29. The summed E-state index contributed by atoms with van der Waals surface area (Å²) in [4.78, 5) is 12.9. The van der Waals surface area contributed by atoms with Crippen LogP contribution in [0.5, 0.6) is 0 Å². The summed E-state index contributed by atoms with van der Waals surface area (Å²) in [6, 6.07) is 3.87. The summed E-state index contributed by atoms with van der Waals surface area (Å²) in [5, 5.41) is 2.41. The summed E-state index contributed by atoms with van der Waals surface area (Å²) >= 11 is 0. The van der Waals surface area contributed by atoms with Gasteiger partial charge in [-0.25, -0.2) is 0 Å². The Balaban J connectivity index is 3.31. The molecule has 0 saturated carbocycles. The van der Waals surface area contributed by atoms with Gasteiger partial charge >= 0.3 is 6.18 Å². The molecular formula is C13H18F3N3O. The van der Waals surface area contributed by atoms with Crippen LogP contribution in [0.4, 0.5) is 24.5 Å². The van der Waals surface area contributed by atoms with E-state index in [0.717, 1.165) is 4.90 Å². The molecule has 0 heterocycles. The largest absolute Gasteiger partial charge is 0.405 e. The second kappa shape index (κ2) is 6.02. The second-order valence-electron chi connectivity index (χ2n) is 4.69. The van der Waals surface area contributed by atoms with Crippen molar-refractivity contribution in [2.75, 3.05) is 24.2 Å². The van der Waals surface area contributed by atoms with Gasteiger partial charge in [-0.3, -0.25) is 4.79 Å². The van der Waals surface area contributed by atoms with Gasteiger partial charge in [0, 0.05) is 18.8 Å². The van der Waals surface area contributed by atoms with Gasteiger partial charge in [-0.1, -0.05) is 0 Å². The van der Waals surface area contributed by atoms with Crippen molar-refractivity contribution in [1.82, 2.24) is 5.32 Å². The molecule has 7 heteroatoms. The average molecular weight is 289 g/mol. The minimum atomic E-state index is -4.37. The number of nitrogen functional groups attached to an aromatic ring is 1. The Morgan fingerprint density at radius 3 is 2.45 bits per heavy atom. The molecule has 0 atom stereocenters. The Kier molecular flexibility index (Phi) is 4.86. The fourth-order valence-corrected chi connectivity index (χ4v) is 1.85. The summed E-state index contributed by atoms with van der Waals surface area (Å²) in [5.41, 5.74) is 6.28. The molecule has 0 spiro atoms. The molecule has 0 unspecified atom stereocenters. The molecule has 0 aliphatic rings. The first-order valence-electron chi connectivity index (χ1n) is 6.10. The van der Waals surface area contributed by atoms with Crippen LogP contribution in [-0.2, 0) is 0 Å². The van der Waals surface area contributed by atoms with E-state index in [1.165, 1.54) is 25.2 Å². The highest BCUT2D eigenvalue weighted by atomic mass is 19.4. The second-order valence-corrected chi connectivity index (χ2v) is 4.69. The lowest BCUT2D eigenvalue weighted by Gasteiger charge is -2.31. The number of benzene rings is 1. The number of hydrogen-bond acceptors (Lipinski definition) is 3. The summed E-state index contributed by atoms with van der Waals surface area (Å²) in [6.07, 6.45) is -4.37. The fourth-order valence-electron chi connectivity index (χ4n) is 1.85. The van der Waals surface area contributed by atoms with Crippen LogP contribution in [0.2, 0.25) is 0 Å². The zero-order valence-corrected chi connectivity index (χ0v) is 11.6. The molecule has 0 aromatic heterocycles. The number of amides is 1. The molecule has 1 aromatic carbocycles. The van der Waals surface area contributed by atoms with Crippen molar-refractivity contribution >= 4 is 17.3 Å². The third kappa shape index (κ3) is 4.04. The first-order valence-corrected chi connectivity index (χ1v) is 6.10. The molecule has 0 aliphatic carbocycles. The van der Waals surface area contributed by atoms with Crippen molar-refractivity contribution in [1.29, 1.82) is 0 Å². The van der Waals surface area contributed by atoms with Crippen LogP contribution in [0.3, 0.4) is 0 Å². The highest BCUT2D eigenvalue weighted by molar-refractivity contribution is 6.00. The predicted molar refractivity (Wildman–Crippen MR) is 72.8 cm³/mol. The third-order valence-electron chi connectivity index (χ3n) is 2.78. The molecule has 3 N–H and O–H groups in total. The van der Waals surface area contributed by atoms with Crippen LogP contribution in [0.25, 0.3) is 0 Å². The maximum atomic E-state index is 12.7. The molecule has 0 bridgehead atoms. The standard InChI is InChI=1S/C13H18F3N3O/c1-8(2)19(7-13(14,15)16)11-6-9(17)4-5-10(11)12(20)18-3/h4-6,8H,7,17H2,1-3H3,(H,18,20). The zero-order valence-electron chi connectivity index (χ0n) is 11.6. The van der Waals surface area contributed by atoms with Gasteiger partial charge in [-0.15, -0.1) is 0 Å². The van der Waals surface area contributed by atoms with Crippen molar-refractivity contribution in [3.63, 3.8) is 0 Å². The molecule has 0 aliphatic heterocycles. The quantitative estimate of drug-likeness (QED) is 0.837. The van der Waals surface area contributed by atoms with Gasteiger partial charge in [0.1, 0.15) is 6.54 Å². The monoisotopic (exact) mass is 289 g/mol. The van der Waals surface area contributed by atoms with Crippen LogP contribution in [0, 0.1) is 0 Å². The first kappa shape index (κ1) is 16.1. The molecule has 0 radical (unpaired) electrons. The Morgan fingerprint density at radius 1 is 1.40 bits per heavy atom. The first-order chi connectivity index (χ1) is 9.15. The number of nitrogens with two attached hydrogens (primary N) is 1. The third-order valence-corrected chi connectivity index (χ3v) is 2.78. The minimum absolute atomic E-state index is 0.166. The molecule has 112 valence electrons. The lowest BCUT2D eigenvalue weighted by molar-refractivity contribution is -0.120. The van der Waals surface area contributed by atoms with Gasteiger partial charge in [0.25, 0.3) is 5.91 Å². The van der Waals surface area contributed by atoms with E-state index in [1.807, 2.05) is 0 Å². The number of alkyl halides is 3. The van der Waals surface area contributed by atoms with Crippen molar-refractivity contribution in [2.24, 2.45) is 0 Å². The van der Waals surface area contributed by atoms with E-state index in [1.54, 1.807) is 13.8 Å². The van der Waals surface area contributed by atoms with Gasteiger partial charge in [0.05, 0.1) is 11.3 Å². The smallest absolute Gasteiger partial charge is 0.399 e. The number of nitrogens with zero attached hydrogens (tertiary/aromatic N) is 1. The molecular weight excluding hydrogens is 271 g/mol. The number of carbonyl (C=O) groups excluding carboxylic acids is 1. The molecule has 0 saturated heterocycles. The lowest BCUT2D eigenvalue weighted by Crippen LogP contribution is -2.40. The van der Waals surface area contributed by atoms with Gasteiger partial charge in [0.2, 0.25) is 0 Å². The molecule has 1 rings (SSSR count). The van der Waals surface area contributed by atoms with E-state index in [4.69, 9.17) is 5.73 Å². The van der Waals surface area contributed by atoms with Crippen LogP contribution >= 0.6 is 0 Å². The Bertz CT molecular complexity index is 486. The molecule has 1 amide bonds. The number of hydrogen-bond donors (Lipinski definition) is 2. The van der Waals surface area contributed by atoms with Gasteiger partial charge < -0.3 is 16.0 Å². The maximum Gasteiger partial charge on any atom is 0.405 e. The van der Waals surface area contributed by atoms with E-state index < -0.39 is 24.7 Å². The van der Waals surface area contributed by atoms with Gasteiger partial charge in [-0.05, 0) is 32.0 Å². The van der Waals surface area contributed by atoms with Gasteiger partial charge in [-0.2, -0.15) is 13.2 Å². The maximum absolute atomic E-state index is 12.7. The van der Waals surface area contributed by atoms with E-state index >= 15 is 0 Å². The number of halogens is 3. The number of nitrogens with one attached hydrogen (secondary N) is 1.